The fourth-order valence-corrected chi connectivity index (χ4v) is 2.34. The molecule has 134 valence electrons. The van der Waals surface area contributed by atoms with E-state index in [-0.39, 0.29) is 18.4 Å². The molecular formula is C19H23FN2O3. The van der Waals surface area contributed by atoms with Gasteiger partial charge in [-0.3, -0.25) is 0 Å². The summed E-state index contributed by atoms with van der Waals surface area (Å²) < 4.78 is 18.7. The fourth-order valence-electron chi connectivity index (χ4n) is 2.34. The highest BCUT2D eigenvalue weighted by Gasteiger charge is 2.13. The second-order valence-electron chi connectivity index (χ2n) is 5.87. The number of carbonyl (C=O) groups excluding carboxylic acids is 1. The molecule has 0 saturated carbocycles. The van der Waals surface area contributed by atoms with Gasteiger partial charge in [0.2, 0.25) is 0 Å². The van der Waals surface area contributed by atoms with Crippen molar-refractivity contribution in [1.82, 2.24) is 10.6 Å². The standard InChI is InChI=1S/C19H23FN2O3/c1-12-4-5-15(10-17(12)20)13(2)22-19(24)21-11-18(23)14-6-8-16(25-3)9-7-14/h4-10,13,18,23H,11H2,1-3H3,(H2,21,22,24). The van der Waals surface area contributed by atoms with Crippen LogP contribution in [-0.4, -0.2) is 24.8 Å². The molecule has 0 aromatic heterocycles. The topological polar surface area (TPSA) is 70.6 Å². The van der Waals surface area contributed by atoms with E-state index in [1.807, 2.05) is 0 Å². The average Bonchev–Trinajstić information content (AvgIpc) is 2.62. The molecule has 2 aromatic rings. The zero-order valence-electron chi connectivity index (χ0n) is 14.5. The van der Waals surface area contributed by atoms with Crippen LogP contribution >= 0.6 is 0 Å². The molecule has 0 spiro atoms. The van der Waals surface area contributed by atoms with Gasteiger partial charge in [0.15, 0.2) is 0 Å². The monoisotopic (exact) mass is 346 g/mol. The summed E-state index contributed by atoms with van der Waals surface area (Å²) in [5.74, 6) is 0.391. The molecule has 3 N–H and O–H groups in total. The minimum Gasteiger partial charge on any atom is -0.497 e. The number of aryl methyl sites for hydroxylation is 1. The molecule has 2 atom stereocenters. The minimum absolute atomic E-state index is 0.0626. The van der Waals surface area contributed by atoms with Crippen molar-refractivity contribution in [3.8, 4) is 5.75 Å². The average molecular weight is 346 g/mol. The second-order valence-corrected chi connectivity index (χ2v) is 5.87. The smallest absolute Gasteiger partial charge is 0.315 e. The van der Waals surface area contributed by atoms with Crippen LogP contribution in [0, 0.1) is 12.7 Å². The number of halogens is 1. The lowest BCUT2D eigenvalue weighted by molar-refractivity contribution is 0.172. The zero-order valence-corrected chi connectivity index (χ0v) is 14.5. The maximum absolute atomic E-state index is 13.6. The van der Waals surface area contributed by atoms with Gasteiger partial charge in [0.05, 0.1) is 19.3 Å². The van der Waals surface area contributed by atoms with Crippen LogP contribution in [0.25, 0.3) is 0 Å². The maximum Gasteiger partial charge on any atom is 0.315 e. The lowest BCUT2D eigenvalue weighted by Gasteiger charge is -2.17. The number of urea groups is 1. The van der Waals surface area contributed by atoms with E-state index in [0.29, 0.717) is 22.4 Å². The molecule has 2 aromatic carbocycles. The highest BCUT2D eigenvalue weighted by molar-refractivity contribution is 5.74. The molecule has 0 heterocycles. The summed E-state index contributed by atoms with van der Waals surface area (Å²) in [6.45, 7) is 3.52. The van der Waals surface area contributed by atoms with E-state index >= 15 is 0 Å². The third kappa shape index (κ3) is 5.19. The zero-order chi connectivity index (χ0) is 18.4. The highest BCUT2D eigenvalue weighted by Crippen LogP contribution is 2.18. The molecule has 0 radical (unpaired) electrons. The summed E-state index contributed by atoms with van der Waals surface area (Å²) >= 11 is 0. The van der Waals surface area contributed by atoms with Crippen LogP contribution in [-0.2, 0) is 0 Å². The molecule has 0 fully saturated rings. The third-order valence-corrected chi connectivity index (χ3v) is 4.00. The molecule has 2 rings (SSSR count). The molecule has 0 saturated heterocycles. The number of benzene rings is 2. The van der Waals surface area contributed by atoms with E-state index in [2.05, 4.69) is 10.6 Å². The molecule has 0 aliphatic carbocycles. The molecule has 0 aliphatic heterocycles. The van der Waals surface area contributed by atoms with E-state index in [9.17, 15) is 14.3 Å². The fraction of sp³-hybridized carbons (Fsp3) is 0.316. The normalized spacial score (nSPS) is 13.0. The van der Waals surface area contributed by atoms with Gasteiger partial charge in [-0.25, -0.2) is 9.18 Å². The SMILES string of the molecule is COc1ccc(C(O)CNC(=O)NC(C)c2ccc(C)c(F)c2)cc1. The number of aliphatic hydroxyl groups is 1. The third-order valence-electron chi connectivity index (χ3n) is 4.00. The van der Waals surface area contributed by atoms with E-state index in [4.69, 9.17) is 4.74 Å². The van der Waals surface area contributed by atoms with Crippen molar-refractivity contribution >= 4 is 6.03 Å². The highest BCUT2D eigenvalue weighted by atomic mass is 19.1. The van der Waals surface area contributed by atoms with Crippen molar-refractivity contribution in [3.05, 3.63) is 65.0 Å². The van der Waals surface area contributed by atoms with Crippen molar-refractivity contribution in [2.45, 2.75) is 26.0 Å². The molecule has 5 nitrogen and oxygen atoms in total. The molecule has 0 aliphatic rings. The van der Waals surface area contributed by atoms with Gasteiger partial charge in [0.1, 0.15) is 11.6 Å². The number of aliphatic hydroxyl groups excluding tert-OH is 1. The number of ether oxygens (including phenoxy) is 1. The van der Waals surface area contributed by atoms with E-state index in [1.165, 1.54) is 6.07 Å². The first-order valence-corrected chi connectivity index (χ1v) is 8.03. The van der Waals surface area contributed by atoms with Crippen LogP contribution in [0.5, 0.6) is 5.75 Å². The van der Waals surface area contributed by atoms with Crippen molar-refractivity contribution in [2.24, 2.45) is 0 Å². The summed E-state index contributed by atoms with van der Waals surface area (Å²) in [5.41, 5.74) is 1.91. The van der Waals surface area contributed by atoms with Crippen molar-refractivity contribution < 1.29 is 19.0 Å². The van der Waals surface area contributed by atoms with Crippen LogP contribution < -0.4 is 15.4 Å². The Balaban J connectivity index is 1.85. The Morgan fingerprint density at radius 3 is 2.44 bits per heavy atom. The first kappa shape index (κ1) is 18.7. The predicted octanol–water partition coefficient (Wildman–Crippen LogP) is 3.24. The van der Waals surface area contributed by atoms with Crippen LogP contribution in [0.3, 0.4) is 0 Å². The first-order chi connectivity index (χ1) is 11.9. The van der Waals surface area contributed by atoms with Gasteiger partial charge in [0, 0.05) is 6.54 Å². The molecular weight excluding hydrogens is 323 g/mol. The van der Waals surface area contributed by atoms with Crippen LogP contribution in [0.15, 0.2) is 42.5 Å². The Bertz CT molecular complexity index is 719. The number of hydrogen-bond donors (Lipinski definition) is 3. The summed E-state index contributed by atoms with van der Waals surface area (Å²) in [4.78, 5) is 12.0. The molecule has 6 heteroatoms. The number of hydrogen-bond acceptors (Lipinski definition) is 3. The van der Waals surface area contributed by atoms with E-state index in [1.54, 1.807) is 57.4 Å². The summed E-state index contributed by atoms with van der Waals surface area (Å²) in [6, 6.07) is 11.0. The molecule has 25 heavy (non-hydrogen) atoms. The lowest BCUT2D eigenvalue weighted by atomic mass is 10.1. The largest absolute Gasteiger partial charge is 0.497 e. The quantitative estimate of drug-likeness (QED) is 0.752. The van der Waals surface area contributed by atoms with Crippen molar-refractivity contribution in [1.29, 1.82) is 0 Å². The second kappa shape index (κ2) is 8.48. The van der Waals surface area contributed by atoms with Gasteiger partial charge in [0.25, 0.3) is 0 Å². The summed E-state index contributed by atoms with van der Waals surface area (Å²) in [6.07, 6.45) is -0.830. The van der Waals surface area contributed by atoms with Crippen LogP contribution in [0.4, 0.5) is 9.18 Å². The first-order valence-electron chi connectivity index (χ1n) is 8.03. The number of rotatable bonds is 6. The maximum atomic E-state index is 13.6. The summed E-state index contributed by atoms with van der Waals surface area (Å²) in [7, 11) is 1.57. The predicted molar refractivity (Wildman–Crippen MR) is 94.0 cm³/mol. The van der Waals surface area contributed by atoms with Gasteiger partial charge in [-0.15, -0.1) is 0 Å². The van der Waals surface area contributed by atoms with Gasteiger partial charge >= 0.3 is 6.03 Å². The Kier molecular flexibility index (Phi) is 6.36. The molecule has 2 unspecified atom stereocenters. The van der Waals surface area contributed by atoms with Gasteiger partial charge in [-0.05, 0) is 48.7 Å². The Morgan fingerprint density at radius 2 is 1.84 bits per heavy atom. The minimum atomic E-state index is -0.830. The van der Waals surface area contributed by atoms with Gasteiger partial charge < -0.3 is 20.5 Å². The van der Waals surface area contributed by atoms with Crippen LogP contribution in [0.2, 0.25) is 0 Å². The number of nitrogens with one attached hydrogen (secondary N) is 2. The number of amides is 2. The summed E-state index contributed by atoms with van der Waals surface area (Å²) in [5, 5.41) is 15.4. The lowest BCUT2D eigenvalue weighted by Crippen LogP contribution is -2.39. The van der Waals surface area contributed by atoms with Crippen LogP contribution in [0.1, 0.15) is 35.8 Å². The van der Waals surface area contributed by atoms with E-state index < -0.39 is 12.1 Å². The Hall–Kier alpha value is -2.60. The van der Waals surface area contributed by atoms with Crippen molar-refractivity contribution in [2.75, 3.05) is 13.7 Å². The van der Waals surface area contributed by atoms with Gasteiger partial charge in [-0.2, -0.15) is 0 Å². The number of methoxy groups -OCH3 is 1. The Labute approximate surface area is 146 Å². The van der Waals surface area contributed by atoms with Crippen molar-refractivity contribution in [3.63, 3.8) is 0 Å². The molecule has 0 bridgehead atoms. The van der Waals surface area contributed by atoms with E-state index in [0.717, 1.165) is 0 Å². The Morgan fingerprint density at radius 1 is 1.20 bits per heavy atom. The van der Waals surface area contributed by atoms with Gasteiger partial charge in [-0.1, -0.05) is 24.3 Å². The molecule has 2 amide bonds. The number of carbonyl (C=O) groups is 1.